The van der Waals surface area contributed by atoms with Gasteiger partial charge in [-0.05, 0) is 30.0 Å². The number of rotatable bonds is 5. The molecule has 0 aliphatic carbocycles. The summed E-state index contributed by atoms with van der Waals surface area (Å²) in [4.78, 5) is 0. The van der Waals surface area contributed by atoms with Crippen molar-refractivity contribution in [3.63, 3.8) is 0 Å². The molecule has 0 aliphatic heterocycles. The van der Waals surface area contributed by atoms with E-state index in [1.54, 1.807) is 7.11 Å². The molecule has 0 bridgehead atoms. The molecular weight excluding hydrogens is 226 g/mol. The van der Waals surface area contributed by atoms with Crippen LogP contribution in [-0.4, -0.2) is 24.9 Å². The van der Waals surface area contributed by atoms with Crippen LogP contribution >= 0.6 is 0 Å². The molecule has 0 saturated heterocycles. The summed E-state index contributed by atoms with van der Waals surface area (Å²) >= 11 is 0. The number of nitrogens with one attached hydrogen (secondary N) is 1. The van der Waals surface area contributed by atoms with Crippen LogP contribution in [0.2, 0.25) is 0 Å². The minimum Gasteiger partial charge on any atom is -0.497 e. The maximum Gasteiger partial charge on any atom is 0.118 e. The minimum atomic E-state index is -0.430. The Bertz CT molecular complexity index is 352. The Balaban J connectivity index is 2.77. The first-order valence-electron chi connectivity index (χ1n) is 6.39. The topological polar surface area (TPSA) is 41.5 Å². The third kappa shape index (κ3) is 4.67. The molecule has 0 radical (unpaired) electrons. The van der Waals surface area contributed by atoms with Gasteiger partial charge < -0.3 is 15.2 Å². The second-order valence-corrected chi connectivity index (χ2v) is 5.93. The first kappa shape index (κ1) is 15.0. The van der Waals surface area contributed by atoms with E-state index in [4.69, 9.17) is 4.74 Å². The molecule has 0 aliphatic rings. The highest BCUT2D eigenvalue weighted by Gasteiger charge is 2.19. The predicted octanol–water partition coefficient (Wildman–Crippen LogP) is 2.75. The Labute approximate surface area is 110 Å². The number of hydrogen-bond acceptors (Lipinski definition) is 3. The highest BCUT2D eigenvalue weighted by Crippen LogP contribution is 2.22. The summed E-state index contributed by atoms with van der Waals surface area (Å²) in [5, 5.41) is 13.3. The van der Waals surface area contributed by atoms with E-state index in [2.05, 4.69) is 26.1 Å². The summed E-state index contributed by atoms with van der Waals surface area (Å²) in [6.45, 7) is 9.19. The van der Waals surface area contributed by atoms with Crippen LogP contribution in [0.15, 0.2) is 24.3 Å². The molecule has 1 aromatic carbocycles. The fourth-order valence-corrected chi connectivity index (χ4v) is 1.79. The van der Waals surface area contributed by atoms with E-state index in [1.807, 2.05) is 31.2 Å². The van der Waals surface area contributed by atoms with Gasteiger partial charge in [-0.3, -0.25) is 0 Å². The van der Waals surface area contributed by atoms with Crippen LogP contribution in [-0.2, 0) is 0 Å². The summed E-state index contributed by atoms with van der Waals surface area (Å²) in [5.74, 6) is 0.832. The predicted molar refractivity (Wildman–Crippen MR) is 74.9 cm³/mol. The monoisotopic (exact) mass is 251 g/mol. The summed E-state index contributed by atoms with van der Waals surface area (Å²) < 4.78 is 5.14. The van der Waals surface area contributed by atoms with E-state index >= 15 is 0 Å². The maximum absolute atomic E-state index is 9.90. The molecule has 0 saturated carbocycles. The molecule has 3 nitrogen and oxygen atoms in total. The van der Waals surface area contributed by atoms with Gasteiger partial charge in [-0.1, -0.05) is 32.9 Å². The van der Waals surface area contributed by atoms with Gasteiger partial charge in [-0.25, -0.2) is 0 Å². The SMILES string of the molecule is COc1ccc([C@H](NCC(C)(C)C)[C@H](C)O)cc1. The summed E-state index contributed by atoms with van der Waals surface area (Å²) in [6.07, 6.45) is -0.430. The Morgan fingerprint density at radius 1 is 1.22 bits per heavy atom. The average Bonchev–Trinajstić information content (AvgIpc) is 2.28. The van der Waals surface area contributed by atoms with Crippen molar-refractivity contribution in [2.75, 3.05) is 13.7 Å². The van der Waals surface area contributed by atoms with Crippen LogP contribution in [0, 0.1) is 5.41 Å². The van der Waals surface area contributed by atoms with E-state index < -0.39 is 6.10 Å². The molecule has 2 N–H and O–H groups in total. The number of ether oxygens (including phenoxy) is 1. The van der Waals surface area contributed by atoms with Gasteiger partial charge in [-0.2, -0.15) is 0 Å². The molecule has 0 unspecified atom stereocenters. The molecule has 2 atom stereocenters. The summed E-state index contributed by atoms with van der Waals surface area (Å²) in [5.41, 5.74) is 1.27. The lowest BCUT2D eigenvalue weighted by molar-refractivity contribution is 0.138. The molecule has 1 aromatic rings. The van der Waals surface area contributed by atoms with Gasteiger partial charge in [0.15, 0.2) is 0 Å². The lowest BCUT2D eigenvalue weighted by Crippen LogP contribution is -2.35. The highest BCUT2D eigenvalue weighted by molar-refractivity contribution is 5.29. The van der Waals surface area contributed by atoms with E-state index in [1.165, 1.54) is 0 Å². The normalized spacial score (nSPS) is 15.2. The molecular formula is C15H25NO2. The molecule has 0 heterocycles. The molecule has 0 amide bonds. The zero-order valence-electron chi connectivity index (χ0n) is 12.0. The zero-order valence-corrected chi connectivity index (χ0v) is 12.0. The van der Waals surface area contributed by atoms with Crippen molar-refractivity contribution in [1.29, 1.82) is 0 Å². The van der Waals surface area contributed by atoms with E-state index in [-0.39, 0.29) is 11.5 Å². The molecule has 0 aromatic heterocycles. The van der Waals surface area contributed by atoms with E-state index in [0.717, 1.165) is 17.9 Å². The third-order valence-electron chi connectivity index (χ3n) is 2.81. The molecule has 1 rings (SSSR count). The first-order chi connectivity index (χ1) is 8.33. The quantitative estimate of drug-likeness (QED) is 0.845. The van der Waals surface area contributed by atoms with Gasteiger partial charge in [0.2, 0.25) is 0 Å². The fourth-order valence-electron chi connectivity index (χ4n) is 1.79. The van der Waals surface area contributed by atoms with Crippen molar-refractivity contribution < 1.29 is 9.84 Å². The Hall–Kier alpha value is -1.06. The van der Waals surface area contributed by atoms with Crippen molar-refractivity contribution in [2.45, 2.75) is 39.8 Å². The smallest absolute Gasteiger partial charge is 0.118 e. The Morgan fingerprint density at radius 2 is 1.78 bits per heavy atom. The van der Waals surface area contributed by atoms with Gasteiger partial charge in [0, 0.05) is 6.54 Å². The molecule has 0 spiro atoms. The number of hydrogen-bond donors (Lipinski definition) is 2. The minimum absolute atomic E-state index is 0.0462. The van der Waals surface area contributed by atoms with Gasteiger partial charge in [0.05, 0.1) is 19.3 Å². The van der Waals surface area contributed by atoms with Crippen molar-refractivity contribution in [3.8, 4) is 5.75 Å². The van der Waals surface area contributed by atoms with Crippen LogP contribution in [0.5, 0.6) is 5.75 Å². The lowest BCUT2D eigenvalue weighted by atomic mass is 9.94. The lowest BCUT2D eigenvalue weighted by Gasteiger charge is -2.27. The van der Waals surface area contributed by atoms with Crippen molar-refractivity contribution in [3.05, 3.63) is 29.8 Å². The van der Waals surface area contributed by atoms with Gasteiger partial charge >= 0.3 is 0 Å². The fraction of sp³-hybridized carbons (Fsp3) is 0.600. The maximum atomic E-state index is 9.90. The van der Waals surface area contributed by atoms with Gasteiger partial charge in [0.1, 0.15) is 5.75 Å². The Morgan fingerprint density at radius 3 is 2.17 bits per heavy atom. The van der Waals surface area contributed by atoms with Crippen LogP contribution in [0.4, 0.5) is 0 Å². The average molecular weight is 251 g/mol. The second-order valence-electron chi connectivity index (χ2n) is 5.93. The Kier molecular flexibility index (Phi) is 5.17. The zero-order chi connectivity index (χ0) is 13.8. The summed E-state index contributed by atoms with van der Waals surface area (Å²) in [7, 11) is 1.65. The van der Waals surface area contributed by atoms with E-state index in [9.17, 15) is 5.11 Å². The van der Waals surface area contributed by atoms with Crippen molar-refractivity contribution in [1.82, 2.24) is 5.32 Å². The van der Waals surface area contributed by atoms with Crippen LogP contribution in [0.25, 0.3) is 0 Å². The van der Waals surface area contributed by atoms with Crippen LogP contribution in [0.3, 0.4) is 0 Å². The first-order valence-corrected chi connectivity index (χ1v) is 6.39. The molecule has 3 heteroatoms. The molecule has 0 fully saturated rings. The number of aliphatic hydroxyl groups excluding tert-OH is 1. The number of aliphatic hydroxyl groups is 1. The van der Waals surface area contributed by atoms with Gasteiger partial charge in [0.25, 0.3) is 0 Å². The third-order valence-corrected chi connectivity index (χ3v) is 2.81. The second kappa shape index (κ2) is 6.21. The number of methoxy groups -OCH3 is 1. The summed E-state index contributed by atoms with van der Waals surface area (Å²) in [6, 6.07) is 7.78. The largest absolute Gasteiger partial charge is 0.497 e. The van der Waals surface area contributed by atoms with E-state index in [0.29, 0.717) is 0 Å². The van der Waals surface area contributed by atoms with Crippen molar-refractivity contribution >= 4 is 0 Å². The standard InChI is InChI=1S/C15H25NO2/c1-11(17)14(16-10-15(2,3)4)12-6-8-13(18-5)9-7-12/h6-9,11,14,16-17H,10H2,1-5H3/t11-,14+/m0/s1. The van der Waals surface area contributed by atoms with Gasteiger partial charge in [-0.15, -0.1) is 0 Å². The highest BCUT2D eigenvalue weighted by atomic mass is 16.5. The molecule has 102 valence electrons. The molecule has 18 heavy (non-hydrogen) atoms. The number of benzene rings is 1. The van der Waals surface area contributed by atoms with Crippen molar-refractivity contribution in [2.24, 2.45) is 5.41 Å². The van der Waals surface area contributed by atoms with Crippen LogP contribution < -0.4 is 10.1 Å². The van der Waals surface area contributed by atoms with Crippen LogP contribution in [0.1, 0.15) is 39.3 Å².